The van der Waals surface area contributed by atoms with Crippen molar-refractivity contribution in [1.82, 2.24) is 14.7 Å². The molecular weight excluding hydrogens is 250 g/mol. The second-order valence-electron chi connectivity index (χ2n) is 5.81. The second-order valence-corrected chi connectivity index (χ2v) is 5.81. The lowest BCUT2D eigenvalue weighted by Crippen LogP contribution is -2.40. The number of nitrogens with zero attached hydrogens (tertiary/aromatic N) is 3. The molecule has 1 atom stereocenters. The summed E-state index contributed by atoms with van der Waals surface area (Å²) in [6, 6.07) is 0.390. The fraction of sp³-hybridized carbons (Fsp3) is 0.688. The number of rotatable bonds is 2. The molecule has 4 heteroatoms. The molecule has 0 saturated carbocycles. The van der Waals surface area contributed by atoms with Gasteiger partial charge in [0.05, 0.1) is 17.8 Å². The maximum Gasteiger partial charge on any atom is 0.0748 e. The highest BCUT2D eigenvalue weighted by atomic mass is 16.5. The van der Waals surface area contributed by atoms with E-state index in [1.165, 1.54) is 25.9 Å². The van der Waals surface area contributed by atoms with Crippen LogP contribution in [-0.4, -0.2) is 47.0 Å². The van der Waals surface area contributed by atoms with Crippen molar-refractivity contribution >= 4 is 0 Å². The molecule has 4 nitrogen and oxygen atoms in total. The van der Waals surface area contributed by atoms with Crippen molar-refractivity contribution in [3.8, 4) is 11.8 Å². The molecule has 2 aliphatic heterocycles. The maximum absolute atomic E-state index is 5.50. The van der Waals surface area contributed by atoms with Gasteiger partial charge in [-0.05, 0) is 44.7 Å². The molecule has 0 amide bonds. The first-order valence-electron chi connectivity index (χ1n) is 7.65. The average Bonchev–Trinajstić information content (AvgIpc) is 3.12. The van der Waals surface area contributed by atoms with E-state index in [-0.39, 0.29) is 0 Å². The highest BCUT2D eigenvalue weighted by Gasteiger charge is 2.29. The topological polar surface area (TPSA) is 30.3 Å². The fourth-order valence-corrected chi connectivity index (χ4v) is 3.20. The highest BCUT2D eigenvalue weighted by molar-refractivity contribution is 5.31. The van der Waals surface area contributed by atoms with Gasteiger partial charge >= 0.3 is 0 Å². The molecule has 2 fully saturated rings. The molecule has 108 valence electrons. The minimum absolute atomic E-state index is 0.390. The van der Waals surface area contributed by atoms with Crippen molar-refractivity contribution in [3.05, 3.63) is 18.0 Å². The molecule has 0 spiro atoms. The third-order valence-corrected chi connectivity index (χ3v) is 4.32. The van der Waals surface area contributed by atoms with Crippen molar-refractivity contribution < 1.29 is 4.74 Å². The summed E-state index contributed by atoms with van der Waals surface area (Å²) in [5.41, 5.74) is 1.02. The van der Waals surface area contributed by atoms with E-state index < -0.39 is 0 Å². The number of hydrogen-bond acceptors (Lipinski definition) is 3. The molecule has 3 heterocycles. The van der Waals surface area contributed by atoms with E-state index in [2.05, 4.69) is 21.8 Å². The fourth-order valence-electron chi connectivity index (χ4n) is 3.20. The van der Waals surface area contributed by atoms with Gasteiger partial charge in [0.15, 0.2) is 0 Å². The van der Waals surface area contributed by atoms with Gasteiger partial charge in [0.2, 0.25) is 0 Å². The summed E-state index contributed by atoms with van der Waals surface area (Å²) >= 11 is 0. The van der Waals surface area contributed by atoms with Gasteiger partial charge in [-0.25, -0.2) is 0 Å². The van der Waals surface area contributed by atoms with Gasteiger partial charge < -0.3 is 4.74 Å². The summed E-state index contributed by atoms with van der Waals surface area (Å²) in [7, 11) is 1.93. The lowest BCUT2D eigenvalue weighted by molar-refractivity contribution is 0.0437. The Morgan fingerprint density at radius 1 is 1.30 bits per heavy atom. The van der Waals surface area contributed by atoms with Crippen LogP contribution in [0, 0.1) is 17.8 Å². The smallest absolute Gasteiger partial charge is 0.0748 e. The molecule has 0 aromatic carbocycles. The zero-order valence-corrected chi connectivity index (χ0v) is 12.2. The molecule has 3 rings (SSSR count). The predicted molar refractivity (Wildman–Crippen MR) is 78.2 cm³/mol. The molecule has 1 unspecified atom stereocenters. The molecule has 1 aromatic heterocycles. The first-order chi connectivity index (χ1) is 9.83. The number of hydrogen-bond donors (Lipinski definition) is 0. The minimum atomic E-state index is 0.390. The first kappa shape index (κ1) is 13.7. The Morgan fingerprint density at radius 2 is 2.05 bits per heavy atom. The second kappa shape index (κ2) is 6.43. The van der Waals surface area contributed by atoms with Gasteiger partial charge in [0.25, 0.3) is 0 Å². The summed E-state index contributed by atoms with van der Waals surface area (Å²) in [6.45, 7) is 4.18. The van der Waals surface area contributed by atoms with Gasteiger partial charge in [-0.1, -0.05) is 11.8 Å². The Kier molecular flexibility index (Phi) is 4.39. The van der Waals surface area contributed by atoms with E-state index in [4.69, 9.17) is 4.74 Å². The predicted octanol–water partition coefficient (Wildman–Crippen LogP) is 1.66. The summed E-state index contributed by atoms with van der Waals surface area (Å²) in [4.78, 5) is 2.57. The van der Waals surface area contributed by atoms with Gasteiger partial charge in [-0.3, -0.25) is 9.58 Å². The number of aryl methyl sites for hydroxylation is 1. The standard InChI is InChI=1S/C16H23N3O/c1-18-13-14(12-17-18)4-5-16(19-8-2-3-9-19)15-6-10-20-11-7-15/h12-13,15-16H,2-3,6-11H2,1H3. The van der Waals surface area contributed by atoms with Gasteiger partial charge in [0, 0.05) is 26.5 Å². The van der Waals surface area contributed by atoms with Crippen LogP contribution in [0.2, 0.25) is 0 Å². The van der Waals surface area contributed by atoms with Crippen LogP contribution < -0.4 is 0 Å². The summed E-state index contributed by atoms with van der Waals surface area (Å²) < 4.78 is 7.31. The quantitative estimate of drug-likeness (QED) is 0.768. The maximum atomic E-state index is 5.50. The molecule has 1 aromatic rings. The van der Waals surface area contributed by atoms with Gasteiger partial charge in [-0.2, -0.15) is 5.10 Å². The lowest BCUT2D eigenvalue weighted by Gasteiger charge is -2.33. The van der Waals surface area contributed by atoms with E-state index in [0.29, 0.717) is 12.0 Å². The van der Waals surface area contributed by atoms with Crippen molar-refractivity contribution in [2.24, 2.45) is 13.0 Å². The average molecular weight is 273 g/mol. The van der Waals surface area contributed by atoms with E-state index in [1.807, 2.05) is 24.1 Å². The molecule has 0 N–H and O–H groups in total. The Morgan fingerprint density at radius 3 is 2.70 bits per heavy atom. The van der Waals surface area contributed by atoms with E-state index in [0.717, 1.165) is 31.6 Å². The summed E-state index contributed by atoms with van der Waals surface area (Å²) in [6.07, 6.45) is 8.74. The van der Waals surface area contributed by atoms with E-state index in [9.17, 15) is 0 Å². The summed E-state index contributed by atoms with van der Waals surface area (Å²) in [5, 5.41) is 4.19. The normalized spacial score (nSPS) is 22.4. The number of aromatic nitrogens is 2. The molecule has 0 aliphatic carbocycles. The van der Waals surface area contributed by atoms with Gasteiger partial charge in [-0.15, -0.1) is 0 Å². The molecule has 2 saturated heterocycles. The highest BCUT2D eigenvalue weighted by Crippen LogP contribution is 2.25. The first-order valence-corrected chi connectivity index (χ1v) is 7.65. The van der Waals surface area contributed by atoms with Crippen LogP contribution >= 0.6 is 0 Å². The van der Waals surface area contributed by atoms with Gasteiger partial charge in [0.1, 0.15) is 0 Å². The van der Waals surface area contributed by atoms with Crippen LogP contribution in [0.25, 0.3) is 0 Å². The lowest BCUT2D eigenvalue weighted by atomic mass is 9.91. The Bertz CT molecular complexity index is 487. The van der Waals surface area contributed by atoms with E-state index >= 15 is 0 Å². The third kappa shape index (κ3) is 3.23. The molecule has 0 radical (unpaired) electrons. The Balaban J connectivity index is 1.75. The van der Waals surface area contributed by atoms with Crippen LogP contribution in [0.5, 0.6) is 0 Å². The van der Waals surface area contributed by atoms with Crippen LogP contribution in [0.4, 0.5) is 0 Å². The van der Waals surface area contributed by atoms with Crippen molar-refractivity contribution in [3.63, 3.8) is 0 Å². The molecule has 2 aliphatic rings. The van der Waals surface area contributed by atoms with Crippen LogP contribution in [0.1, 0.15) is 31.2 Å². The van der Waals surface area contributed by atoms with Crippen LogP contribution in [-0.2, 0) is 11.8 Å². The third-order valence-electron chi connectivity index (χ3n) is 4.32. The monoisotopic (exact) mass is 273 g/mol. The summed E-state index contributed by atoms with van der Waals surface area (Å²) in [5.74, 6) is 7.51. The minimum Gasteiger partial charge on any atom is -0.381 e. The molecule has 20 heavy (non-hydrogen) atoms. The zero-order chi connectivity index (χ0) is 13.8. The SMILES string of the molecule is Cn1cc(C#CC(C2CCOCC2)N2CCCC2)cn1. The van der Waals surface area contributed by atoms with Crippen molar-refractivity contribution in [2.45, 2.75) is 31.7 Å². The van der Waals surface area contributed by atoms with Crippen LogP contribution in [0.3, 0.4) is 0 Å². The van der Waals surface area contributed by atoms with E-state index in [1.54, 1.807) is 0 Å². The molecule has 0 bridgehead atoms. The van der Waals surface area contributed by atoms with Crippen molar-refractivity contribution in [2.75, 3.05) is 26.3 Å². The number of likely N-dealkylation sites (tertiary alicyclic amines) is 1. The largest absolute Gasteiger partial charge is 0.381 e. The Labute approximate surface area is 121 Å². The molecular formula is C16H23N3O. The van der Waals surface area contributed by atoms with Crippen molar-refractivity contribution in [1.29, 1.82) is 0 Å². The zero-order valence-electron chi connectivity index (χ0n) is 12.2. The Hall–Kier alpha value is -1.31. The number of ether oxygens (including phenoxy) is 1. The van der Waals surface area contributed by atoms with Crippen LogP contribution in [0.15, 0.2) is 12.4 Å².